The highest BCUT2D eigenvalue weighted by Crippen LogP contribution is 2.41. The lowest BCUT2D eigenvalue weighted by Gasteiger charge is -2.29. The summed E-state index contributed by atoms with van der Waals surface area (Å²) in [6.07, 6.45) is 9.82. The average Bonchev–Trinajstić information content (AvgIpc) is 3.08. The molecule has 0 saturated carbocycles. The van der Waals surface area contributed by atoms with E-state index in [1.54, 1.807) is 0 Å². The van der Waals surface area contributed by atoms with Crippen molar-refractivity contribution in [3.05, 3.63) is 94.0 Å². The maximum atomic E-state index is 6.52. The van der Waals surface area contributed by atoms with Crippen molar-refractivity contribution < 1.29 is 9.47 Å². The highest BCUT2D eigenvalue weighted by Gasteiger charge is 2.26. The molecule has 2 unspecified atom stereocenters. The molecule has 6 rings (SSSR count). The third kappa shape index (κ3) is 3.73. The van der Waals surface area contributed by atoms with E-state index in [2.05, 4.69) is 60.7 Å². The Bertz CT molecular complexity index is 1100. The topological polar surface area (TPSA) is 18.5 Å². The lowest BCUT2D eigenvalue weighted by Crippen LogP contribution is -2.22. The second-order valence-corrected chi connectivity index (χ2v) is 9.42. The Morgan fingerprint density at radius 3 is 2.39 bits per heavy atom. The van der Waals surface area contributed by atoms with Crippen LogP contribution in [-0.2, 0) is 25.7 Å². The number of ether oxygens (including phenoxy) is 2. The predicted molar refractivity (Wildman–Crippen MR) is 124 cm³/mol. The number of benzene rings is 3. The summed E-state index contributed by atoms with van der Waals surface area (Å²) < 4.78 is 12.6. The summed E-state index contributed by atoms with van der Waals surface area (Å²) >= 11 is 0. The lowest BCUT2D eigenvalue weighted by atomic mass is 9.80. The quantitative estimate of drug-likeness (QED) is 0.436. The van der Waals surface area contributed by atoms with Crippen molar-refractivity contribution in [2.75, 3.05) is 6.61 Å². The fourth-order valence-electron chi connectivity index (χ4n) is 5.62. The van der Waals surface area contributed by atoms with Crippen molar-refractivity contribution in [1.82, 2.24) is 0 Å². The zero-order valence-electron chi connectivity index (χ0n) is 18.1. The van der Waals surface area contributed by atoms with Crippen LogP contribution in [-0.4, -0.2) is 6.61 Å². The molecule has 0 saturated heterocycles. The van der Waals surface area contributed by atoms with E-state index in [-0.39, 0.29) is 6.10 Å². The number of aryl methyl sites for hydroxylation is 3. The van der Waals surface area contributed by atoms with Crippen LogP contribution in [0.3, 0.4) is 0 Å². The predicted octanol–water partition coefficient (Wildman–Crippen LogP) is 6.74. The first-order valence-corrected chi connectivity index (χ1v) is 12.0. The van der Waals surface area contributed by atoms with Crippen LogP contribution in [0.4, 0.5) is 0 Å². The SMILES string of the molecule is c1ccc2c(c1)CCC(c1ccc3c(c1)OC(c1ccc4c(c1)CCCCC4)CO3)C2. The van der Waals surface area contributed by atoms with Crippen molar-refractivity contribution >= 4 is 0 Å². The zero-order valence-corrected chi connectivity index (χ0v) is 18.1. The second kappa shape index (κ2) is 8.07. The van der Waals surface area contributed by atoms with Crippen LogP contribution in [0, 0.1) is 0 Å². The smallest absolute Gasteiger partial charge is 0.162 e. The van der Waals surface area contributed by atoms with E-state index in [0.29, 0.717) is 12.5 Å². The summed E-state index contributed by atoms with van der Waals surface area (Å²) in [5.74, 6) is 2.34. The molecule has 1 aliphatic heterocycles. The highest BCUT2D eigenvalue weighted by molar-refractivity contribution is 5.47. The minimum absolute atomic E-state index is 0.0246. The van der Waals surface area contributed by atoms with E-state index >= 15 is 0 Å². The van der Waals surface area contributed by atoms with Gasteiger partial charge >= 0.3 is 0 Å². The van der Waals surface area contributed by atoms with Crippen LogP contribution in [0.2, 0.25) is 0 Å². The van der Waals surface area contributed by atoms with Crippen LogP contribution in [0.5, 0.6) is 11.5 Å². The Kier molecular flexibility index (Phi) is 4.94. The van der Waals surface area contributed by atoms with Crippen LogP contribution in [0.25, 0.3) is 0 Å². The van der Waals surface area contributed by atoms with E-state index in [4.69, 9.17) is 9.47 Å². The summed E-state index contributed by atoms with van der Waals surface area (Å²) in [4.78, 5) is 0. The summed E-state index contributed by atoms with van der Waals surface area (Å²) in [5, 5.41) is 0. The Morgan fingerprint density at radius 2 is 1.45 bits per heavy atom. The van der Waals surface area contributed by atoms with E-state index in [1.807, 2.05) is 0 Å². The van der Waals surface area contributed by atoms with Gasteiger partial charge in [0.2, 0.25) is 0 Å². The number of hydrogen-bond donors (Lipinski definition) is 0. The largest absolute Gasteiger partial charge is 0.485 e. The number of hydrogen-bond acceptors (Lipinski definition) is 2. The fourth-order valence-corrected chi connectivity index (χ4v) is 5.62. The first-order valence-electron chi connectivity index (χ1n) is 12.0. The molecule has 31 heavy (non-hydrogen) atoms. The molecule has 2 heteroatoms. The molecule has 0 N–H and O–H groups in total. The van der Waals surface area contributed by atoms with E-state index in [1.165, 1.54) is 71.9 Å². The summed E-state index contributed by atoms with van der Waals surface area (Å²) in [6.45, 7) is 0.585. The van der Waals surface area contributed by atoms with Crippen LogP contribution in [0.15, 0.2) is 60.7 Å². The van der Waals surface area contributed by atoms with Crippen molar-refractivity contribution in [1.29, 1.82) is 0 Å². The second-order valence-electron chi connectivity index (χ2n) is 9.42. The molecule has 158 valence electrons. The lowest BCUT2D eigenvalue weighted by molar-refractivity contribution is 0.0910. The third-order valence-corrected chi connectivity index (χ3v) is 7.44. The molecule has 0 fully saturated rings. The standard InChI is InChI=1S/C29H30O2/c1-2-6-20-11-13-26(17-23(20)8-3-1)29-19-30-27-15-14-25(18-28(27)31-29)24-12-10-21-7-4-5-9-22(21)16-24/h4-5,7,9,11,13-15,17-18,24,29H,1-3,6,8,10,12,16,19H2. The van der Waals surface area contributed by atoms with Gasteiger partial charge in [0.25, 0.3) is 0 Å². The molecule has 2 atom stereocenters. The minimum Gasteiger partial charge on any atom is -0.485 e. The van der Waals surface area contributed by atoms with Crippen LogP contribution < -0.4 is 9.47 Å². The molecule has 0 bridgehead atoms. The molecular weight excluding hydrogens is 380 g/mol. The Hall–Kier alpha value is -2.74. The normalized spacial score (nSPS) is 22.2. The Labute approximate surface area is 185 Å². The van der Waals surface area contributed by atoms with Crippen molar-refractivity contribution in [2.24, 2.45) is 0 Å². The summed E-state index contributed by atoms with van der Waals surface area (Å²) in [5.41, 5.74) is 8.68. The molecule has 3 aliphatic rings. The molecule has 3 aromatic rings. The van der Waals surface area contributed by atoms with Gasteiger partial charge in [0.15, 0.2) is 17.6 Å². The highest BCUT2D eigenvalue weighted by atomic mass is 16.6. The summed E-state index contributed by atoms with van der Waals surface area (Å²) in [6, 6.07) is 22.4. The fraction of sp³-hybridized carbons (Fsp3) is 0.379. The molecule has 0 amide bonds. The van der Waals surface area contributed by atoms with Crippen molar-refractivity contribution in [2.45, 2.75) is 63.4 Å². The summed E-state index contributed by atoms with van der Waals surface area (Å²) in [7, 11) is 0. The van der Waals surface area contributed by atoms with Crippen molar-refractivity contribution in [3.8, 4) is 11.5 Å². The van der Waals surface area contributed by atoms with Crippen LogP contribution >= 0.6 is 0 Å². The molecule has 0 radical (unpaired) electrons. The third-order valence-electron chi connectivity index (χ3n) is 7.44. The maximum Gasteiger partial charge on any atom is 0.162 e. The zero-order chi connectivity index (χ0) is 20.6. The van der Waals surface area contributed by atoms with Gasteiger partial charge in [-0.15, -0.1) is 0 Å². The van der Waals surface area contributed by atoms with Gasteiger partial charge in [0.05, 0.1) is 0 Å². The molecule has 0 aromatic heterocycles. The molecule has 2 aliphatic carbocycles. The maximum absolute atomic E-state index is 6.52. The van der Waals surface area contributed by atoms with Gasteiger partial charge in [-0.25, -0.2) is 0 Å². The van der Waals surface area contributed by atoms with E-state index in [0.717, 1.165) is 24.3 Å². The van der Waals surface area contributed by atoms with Gasteiger partial charge in [-0.1, -0.05) is 55.0 Å². The van der Waals surface area contributed by atoms with Crippen molar-refractivity contribution in [3.63, 3.8) is 0 Å². The molecule has 1 heterocycles. The first-order chi connectivity index (χ1) is 15.3. The van der Waals surface area contributed by atoms with Gasteiger partial charge in [-0.05, 0) is 96.4 Å². The molecular formula is C29H30O2. The van der Waals surface area contributed by atoms with Gasteiger partial charge in [0.1, 0.15) is 6.61 Å². The van der Waals surface area contributed by atoms with E-state index in [9.17, 15) is 0 Å². The Balaban J connectivity index is 1.24. The monoisotopic (exact) mass is 410 g/mol. The van der Waals surface area contributed by atoms with Gasteiger partial charge in [-0.2, -0.15) is 0 Å². The average molecular weight is 411 g/mol. The molecule has 0 spiro atoms. The molecule has 3 aromatic carbocycles. The Morgan fingerprint density at radius 1 is 0.645 bits per heavy atom. The van der Waals surface area contributed by atoms with E-state index < -0.39 is 0 Å². The first kappa shape index (κ1) is 19.0. The van der Waals surface area contributed by atoms with Gasteiger partial charge in [0, 0.05) is 0 Å². The molecule has 2 nitrogen and oxygen atoms in total. The van der Waals surface area contributed by atoms with Gasteiger partial charge < -0.3 is 9.47 Å². The van der Waals surface area contributed by atoms with Crippen LogP contribution in [0.1, 0.15) is 71.1 Å². The minimum atomic E-state index is -0.0246. The van der Waals surface area contributed by atoms with Gasteiger partial charge in [-0.3, -0.25) is 0 Å². The number of rotatable bonds is 2. The number of fused-ring (bicyclic) bond motifs is 3.